The monoisotopic (exact) mass is 341 g/mol. The zero-order valence-corrected chi connectivity index (χ0v) is 15.8. The fraction of sp³-hybridized carbons (Fsp3) is 0.571. The molecule has 1 aromatic heterocycles. The number of nitrogens with zero attached hydrogens (tertiary/aromatic N) is 2. The zero-order chi connectivity index (χ0) is 17.6. The molecule has 136 valence electrons. The standard InChI is InChI=1S/C19H25N3O.C2H6/c1-14-2-3-17-16(12-14)19-18(13-21-17)23-11-10-22(19)9-6-15-4-7-20-8-5-15;1-2/h2-3,12-13,15,20H,4-11H2,1H3;1-2H3. The Hall–Kier alpha value is -1.81. The molecular formula is C21H31N3O. The second-order valence-corrected chi connectivity index (χ2v) is 6.81. The molecule has 2 aromatic rings. The van der Waals surface area contributed by atoms with Crippen LogP contribution in [0.25, 0.3) is 10.9 Å². The molecule has 0 atom stereocenters. The van der Waals surface area contributed by atoms with Gasteiger partial charge < -0.3 is 15.0 Å². The highest BCUT2D eigenvalue weighted by Gasteiger charge is 2.23. The first-order valence-electron chi connectivity index (χ1n) is 9.79. The summed E-state index contributed by atoms with van der Waals surface area (Å²) in [7, 11) is 0. The molecule has 0 saturated carbocycles. The summed E-state index contributed by atoms with van der Waals surface area (Å²) in [6.45, 7) is 11.4. The Labute approximate surface area is 151 Å². The highest BCUT2D eigenvalue weighted by atomic mass is 16.5. The molecule has 4 nitrogen and oxygen atoms in total. The SMILES string of the molecule is CC.Cc1ccc2ncc3c(c2c1)N(CCC1CCNCC1)CCO3. The van der Waals surface area contributed by atoms with Crippen molar-refractivity contribution in [2.45, 2.75) is 40.0 Å². The van der Waals surface area contributed by atoms with E-state index in [0.29, 0.717) is 0 Å². The van der Waals surface area contributed by atoms with E-state index in [-0.39, 0.29) is 0 Å². The van der Waals surface area contributed by atoms with E-state index in [1.807, 2.05) is 20.0 Å². The van der Waals surface area contributed by atoms with E-state index >= 15 is 0 Å². The molecule has 4 rings (SSSR count). The molecule has 0 radical (unpaired) electrons. The maximum atomic E-state index is 5.88. The van der Waals surface area contributed by atoms with Crippen molar-refractivity contribution in [3.05, 3.63) is 30.0 Å². The van der Waals surface area contributed by atoms with E-state index < -0.39 is 0 Å². The van der Waals surface area contributed by atoms with Gasteiger partial charge in [0.25, 0.3) is 0 Å². The Balaban J connectivity index is 0.000000880. The highest BCUT2D eigenvalue weighted by Crippen LogP contribution is 2.38. The van der Waals surface area contributed by atoms with Gasteiger partial charge in [0.15, 0.2) is 5.75 Å². The zero-order valence-electron chi connectivity index (χ0n) is 15.8. The second kappa shape index (κ2) is 8.52. The Kier molecular flexibility index (Phi) is 6.14. The summed E-state index contributed by atoms with van der Waals surface area (Å²) in [6, 6.07) is 6.49. The van der Waals surface area contributed by atoms with Crippen LogP contribution in [0.3, 0.4) is 0 Å². The summed E-state index contributed by atoms with van der Waals surface area (Å²) >= 11 is 0. The normalized spacial score (nSPS) is 17.5. The minimum atomic E-state index is 0.762. The lowest BCUT2D eigenvalue weighted by molar-refractivity contribution is 0.300. The van der Waals surface area contributed by atoms with Gasteiger partial charge in [0, 0.05) is 11.9 Å². The van der Waals surface area contributed by atoms with Gasteiger partial charge in [-0.05, 0) is 57.3 Å². The molecule has 1 aromatic carbocycles. The number of aryl methyl sites for hydroxylation is 1. The average molecular weight is 341 g/mol. The van der Waals surface area contributed by atoms with Crippen LogP contribution in [-0.4, -0.2) is 37.8 Å². The maximum absolute atomic E-state index is 5.88. The largest absolute Gasteiger partial charge is 0.488 e. The summed E-state index contributed by atoms with van der Waals surface area (Å²) in [4.78, 5) is 7.08. The topological polar surface area (TPSA) is 37.4 Å². The molecule has 0 unspecified atom stereocenters. The number of aromatic nitrogens is 1. The molecule has 1 fully saturated rings. The minimum Gasteiger partial charge on any atom is -0.488 e. The summed E-state index contributed by atoms with van der Waals surface area (Å²) in [6.07, 6.45) is 5.79. The molecule has 1 saturated heterocycles. The first-order chi connectivity index (χ1) is 12.3. The lowest BCUT2D eigenvalue weighted by atomic mass is 9.94. The molecule has 0 amide bonds. The van der Waals surface area contributed by atoms with E-state index in [2.05, 4.69) is 40.3 Å². The van der Waals surface area contributed by atoms with Crippen LogP contribution in [0.4, 0.5) is 5.69 Å². The fourth-order valence-corrected chi connectivity index (χ4v) is 3.82. The number of pyridine rings is 1. The Morgan fingerprint density at radius 1 is 1.24 bits per heavy atom. The second-order valence-electron chi connectivity index (χ2n) is 6.81. The van der Waals surface area contributed by atoms with Crippen molar-refractivity contribution in [2.24, 2.45) is 5.92 Å². The third kappa shape index (κ3) is 4.06. The summed E-state index contributed by atoms with van der Waals surface area (Å²) in [5.41, 5.74) is 3.59. The van der Waals surface area contributed by atoms with Crippen LogP contribution >= 0.6 is 0 Å². The van der Waals surface area contributed by atoms with Crippen molar-refractivity contribution in [1.29, 1.82) is 0 Å². The number of piperidine rings is 1. The summed E-state index contributed by atoms with van der Waals surface area (Å²) in [5.74, 6) is 1.80. The number of benzene rings is 1. The van der Waals surface area contributed by atoms with Crippen LogP contribution in [0.1, 0.15) is 38.7 Å². The molecule has 0 bridgehead atoms. The minimum absolute atomic E-state index is 0.762. The van der Waals surface area contributed by atoms with Gasteiger partial charge in [-0.3, -0.25) is 4.98 Å². The van der Waals surface area contributed by atoms with Gasteiger partial charge in [0.2, 0.25) is 0 Å². The number of fused-ring (bicyclic) bond motifs is 3. The lowest BCUT2D eigenvalue weighted by Crippen LogP contribution is -2.36. The number of anilines is 1. The van der Waals surface area contributed by atoms with Crippen LogP contribution in [0.5, 0.6) is 5.75 Å². The molecule has 1 N–H and O–H groups in total. The first kappa shape index (κ1) is 18.0. The first-order valence-corrected chi connectivity index (χ1v) is 9.79. The molecular weight excluding hydrogens is 310 g/mol. The highest BCUT2D eigenvalue weighted by molar-refractivity contribution is 5.95. The summed E-state index contributed by atoms with van der Waals surface area (Å²) < 4.78 is 5.88. The predicted octanol–water partition coefficient (Wildman–Crippen LogP) is 4.16. The van der Waals surface area contributed by atoms with Gasteiger partial charge in [0.1, 0.15) is 6.61 Å². The molecule has 4 heteroatoms. The molecule has 25 heavy (non-hydrogen) atoms. The lowest BCUT2D eigenvalue weighted by Gasteiger charge is -2.34. The quantitative estimate of drug-likeness (QED) is 0.910. The van der Waals surface area contributed by atoms with Crippen LogP contribution < -0.4 is 15.0 Å². The average Bonchev–Trinajstić information content (AvgIpc) is 2.68. The van der Waals surface area contributed by atoms with Crippen LogP contribution in [0.2, 0.25) is 0 Å². The van der Waals surface area contributed by atoms with E-state index in [9.17, 15) is 0 Å². The van der Waals surface area contributed by atoms with E-state index in [1.165, 1.54) is 49.0 Å². The van der Waals surface area contributed by atoms with Gasteiger partial charge in [-0.15, -0.1) is 0 Å². The van der Waals surface area contributed by atoms with Gasteiger partial charge >= 0.3 is 0 Å². The number of hydrogen-bond acceptors (Lipinski definition) is 4. The van der Waals surface area contributed by atoms with Gasteiger partial charge in [0.05, 0.1) is 23.9 Å². The van der Waals surface area contributed by atoms with E-state index in [0.717, 1.165) is 36.9 Å². The fourth-order valence-electron chi connectivity index (χ4n) is 3.82. The Bertz CT molecular complexity index is 695. The number of nitrogens with one attached hydrogen (secondary N) is 1. The maximum Gasteiger partial charge on any atom is 0.161 e. The molecule has 2 aliphatic rings. The van der Waals surface area contributed by atoms with E-state index in [1.54, 1.807) is 0 Å². The molecule has 3 heterocycles. The van der Waals surface area contributed by atoms with Crippen molar-refractivity contribution < 1.29 is 4.74 Å². The Morgan fingerprint density at radius 3 is 2.84 bits per heavy atom. The smallest absolute Gasteiger partial charge is 0.161 e. The molecule has 2 aliphatic heterocycles. The van der Waals surface area contributed by atoms with Crippen LogP contribution in [-0.2, 0) is 0 Å². The molecule has 0 spiro atoms. The Morgan fingerprint density at radius 2 is 2.04 bits per heavy atom. The predicted molar refractivity (Wildman–Crippen MR) is 106 cm³/mol. The third-order valence-corrected chi connectivity index (χ3v) is 5.16. The third-order valence-electron chi connectivity index (χ3n) is 5.16. The van der Waals surface area contributed by atoms with Crippen molar-refractivity contribution in [3.8, 4) is 5.75 Å². The van der Waals surface area contributed by atoms with Crippen molar-refractivity contribution in [3.63, 3.8) is 0 Å². The number of rotatable bonds is 3. The van der Waals surface area contributed by atoms with Gasteiger partial charge in [-0.2, -0.15) is 0 Å². The number of hydrogen-bond donors (Lipinski definition) is 1. The molecule has 0 aliphatic carbocycles. The van der Waals surface area contributed by atoms with Gasteiger partial charge in [-0.1, -0.05) is 25.5 Å². The van der Waals surface area contributed by atoms with Crippen molar-refractivity contribution in [2.75, 3.05) is 37.7 Å². The van der Waals surface area contributed by atoms with Crippen LogP contribution in [0.15, 0.2) is 24.4 Å². The summed E-state index contributed by atoms with van der Waals surface area (Å²) in [5, 5.41) is 4.69. The van der Waals surface area contributed by atoms with Crippen LogP contribution in [0, 0.1) is 12.8 Å². The van der Waals surface area contributed by atoms with Crippen molar-refractivity contribution in [1.82, 2.24) is 10.3 Å². The van der Waals surface area contributed by atoms with E-state index in [4.69, 9.17) is 4.74 Å². The van der Waals surface area contributed by atoms with Crippen molar-refractivity contribution >= 4 is 16.6 Å². The number of ether oxygens (including phenoxy) is 1. The van der Waals surface area contributed by atoms with Gasteiger partial charge in [-0.25, -0.2) is 0 Å².